The lowest BCUT2D eigenvalue weighted by molar-refractivity contribution is 0.0910. The molecule has 3 unspecified atom stereocenters. The zero-order chi connectivity index (χ0) is 7.56. The van der Waals surface area contributed by atoms with Crippen molar-refractivity contribution in [2.75, 3.05) is 5.75 Å². The molecule has 1 nitrogen and oxygen atoms in total. The Morgan fingerprint density at radius 1 is 1.70 bits per heavy atom. The number of rotatable bonds is 2. The van der Waals surface area contributed by atoms with Crippen LogP contribution in [0.5, 0.6) is 0 Å². The van der Waals surface area contributed by atoms with E-state index in [2.05, 4.69) is 0 Å². The molecule has 0 saturated carbocycles. The summed E-state index contributed by atoms with van der Waals surface area (Å²) in [5.74, 6) is 1.05. The molecule has 0 spiro atoms. The monoisotopic (exact) mass is 164 g/mol. The van der Waals surface area contributed by atoms with E-state index in [1.165, 1.54) is 6.92 Å². The summed E-state index contributed by atoms with van der Waals surface area (Å²) in [5.41, 5.74) is 0. The van der Waals surface area contributed by atoms with Gasteiger partial charge < -0.3 is 5.11 Å². The van der Waals surface area contributed by atoms with Crippen LogP contribution in [-0.2, 0) is 0 Å². The fourth-order valence-electron chi connectivity index (χ4n) is 1.16. The molecule has 0 aromatic carbocycles. The molecule has 0 amide bonds. The van der Waals surface area contributed by atoms with Crippen LogP contribution >= 0.6 is 11.8 Å². The van der Waals surface area contributed by atoms with Crippen LogP contribution in [0.4, 0.5) is 4.39 Å². The van der Waals surface area contributed by atoms with Gasteiger partial charge in [-0.05, 0) is 25.5 Å². The Hall–Kier alpha value is 0.240. The Kier molecular flexibility index (Phi) is 2.98. The lowest BCUT2D eigenvalue weighted by atomic mass is 10.1. The number of hydrogen-bond donors (Lipinski definition) is 1. The van der Waals surface area contributed by atoms with Gasteiger partial charge in [-0.15, -0.1) is 0 Å². The van der Waals surface area contributed by atoms with Crippen LogP contribution in [0.3, 0.4) is 0 Å². The van der Waals surface area contributed by atoms with Crippen molar-refractivity contribution < 1.29 is 9.50 Å². The van der Waals surface area contributed by atoms with Crippen molar-refractivity contribution in [2.24, 2.45) is 0 Å². The minimum atomic E-state index is -1.02. The van der Waals surface area contributed by atoms with Crippen LogP contribution in [0, 0.1) is 0 Å². The summed E-state index contributed by atoms with van der Waals surface area (Å²) in [4.78, 5) is 0. The maximum Gasteiger partial charge on any atom is 0.137 e. The number of alkyl halides is 1. The zero-order valence-corrected chi connectivity index (χ0v) is 6.90. The van der Waals surface area contributed by atoms with Crippen molar-refractivity contribution in [3.63, 3.8) is 0 Å². The first-order valence-electron chi connectivity index (χ1n) is 3.65. The highest BCUT2D eigenvalue weighted by Gasteiger charge is 2.28. The molecule has 0 aliphatic carbocycles. The third-order valence-corrected chi connectivity index (χ3v) is 3.23. The van der Waals surface area contributed by atoms with E-state index in [0.717, 1.165) is 18.6 Å². The molecular formula is C7H13FOS. The molecule has 10 heavy (non-hydrogen) atoms. The third-order valence-electron chi connectivity index (χ3n) is 1.78. The second-order valence-corrected chi connectivity index (χ2v) is 4.08. The predicted molar refractivity (Wildman–Crippen MR) is 42.1 cm³/mol. The smallest absolute Gasteiger partial charge is 0.137 e. The second kappa shape index (κ2) is 3.58. The van der Waals surface area contributed by atoms with Crippen LogP contribution < -0.4 is 0 Å². The van der Waals surface area contributed by atoms with E-state index in [-0.39, 0.29) is 5.25 Å². The molecule has 1 fully saturated rings. The van der Waals surface area contributed by atoms with E-state index in [0.29, 0.717) is 0 Å². The molecule has 3 heteroatoms. The first-order valence-corrected chi connectivity index (χ1v) is 4.70. The van der Waals surface area contributed by atoms with Crippen molar-refractivity contribution in [3.8, 4) is 0 Å². The fourth-order valence-corrected chi connectivity index (χ4v) is 2.55. The van der Waals surface area contributed by atoms with E-state index in [4.69, 9.17) is 5.11 Å². The summed E-state index contributed by atoms with van der Waals surface area (Å²) in [6.07, 6.45) is 0.210. The van der Waals surface area contributed by atoms with Gasteiger partial charge in [-0.3, -0.25) is 0 Å². The number of halogens is 1. The number of hydrogen-bond acceptors (Lipinski definition) is 2. The highest BCUT2D eigenvalue weighted by Crippen LogP contribution is 2.31. The average molecular weight is 164 g/mol. The van der Waals surface area contributed by atoms with Gasteiger partial charge in [-0.25, -0.2) is 4.39 Å². The minimum absolute atomic E-state index is 0.0556. The van der Waals surface area contributed by atoms with E-state index in [1.54, 1.807) is 11.8 Å². The van der Waals surface area contributed by atoms with Crippen molar-refractivity contribution in [1.82, 2.24) is 0 Å². The fraction of sp³-hybridized carbons (Fsp3) is 1.00. The predicted octanol–water partition coefficient (Wildman–Crippen LogP) is 1.60. The van der Waals surface area contributed by atoms with Gasteiger partial charge in [0, 0.05) is 5.25 Å². The molecular weight excluding hydrogens is 151 g/mol. The molecule has 1 N–H and O–H groups in total. The Morgan fingerprint density at radius 3 is 2.80 bits per heavy atom. The SMILES string of the molecule is CC(O)C(F)C1CCCS1. The molecule has 60 valence electrons. The van der Waals surface area contributed by atoms with E-state index in [9.17, 15) is 4.39 Å². The molecule has 1 heterocycles. The van der Waals surface area contributed by atoms with Crippen molar-refractivity contribution in [3.05, 3.63) is 0 Å². The number of aliphatic hydroxyl groups excluding tert-OH is 1. The summed E-state index contributed by atoms with van der Waals surface area (Å²) >= 11 is 1.64. The Morgan fingerprint density at radius 2 is 2.40 bits per heavy atom. The van der Waals surface area contributed by atoms with E-state index >= 15 is 0 Å². The summed E-state index contributed by atoms with van der Waals surface area (Å²) in [5, 5.41) is 8.95. The molecule has 0 radical (unpaired) electrons. The average Bonchev–Trinajstić information content (AvgIpc) is 2.36. The van der Waals surface area contributed by atoms with Gasteiger partial charge in [0.1, 0.15) is 6.17 Å². The maximum atomic E-state index is 13.0. The van der Waals surface area contributed by atoms with Crippen LogP contribution in [0.1, 0.15) is 19.8 Å². The molecule has 1 saturated heterocycles. The number of thioether (sulfide) groups is 1. The van der Waals surface area contributed by atoms with Gasteiger partial charge in [-0.1, -0.05) is 0 Å². The summed E-state index contributed by atoms with van der Waals surface area (Å²) in [7, 11) is 0. The molecule has 1 aliphatic rings. The van der Waals surface area contributed by atoms with Crippen LogP contribution in [0.15, 0.2) is 0 Å². The van der Waals surface area contributed by atoms with Crippen LogP contribution in [0.2, 0.25) is 0 Å². The standard InChI is InChI=1S/C7H13FOS/c1-5(9)7(8)6-3-2-4-10-6/h5-7,9H,2-4H2,1H3. The van der Waals surface area contributed by atoms with Crippen LogP contribution in [-0.4, -0.2) is 28.4 Å². The van der Waals surface area contributed by atoms with Gasteiger partial charge in [-0.2, -0.15) is 11.8 Å². The highest BCUT2D eigenvalue weighted by molar-refractivity contribution is 8.00. The quantitative estimate of drug-likeness (QED) is 0.669. The zero-order valence-electron chi connectivity index (χ0n) is 6.09. The Bertz CT molecular complexity index is 102. The highest BCUT2D eigenvalue weighted by atomic mass is 32.2. The largest absolute Gasteiger partial charge is 0.390 e. The minimum Gasteiger partial charge on any atom is -0.390 e. The van der Waals surface area contributed by atoms with Gasteiger partial charge in [0.15, 0.2) is 0 Å². The Labute approximate surface area is 65.0 Å². The molecule has 0 aromatic rings. The number of aliphatic hydroxyl groups is 1. The van der Waals surface area contributed by atoms with Crippen LogP contribution in [0.25, 0.3) is 0 Å². The molecule has 1 aliphatic heterocycles. The lowest BCUT2D eigenvalue weighted by Gasteiger charge is -2.16. The van der Waals surface area contributed by atoms with Gasteiger partial charge in [0.25, 0.3) is 0 Å². The van der Waals surface area contributed by atoms with Crippen molar-refractivity contribution >= 4 is 11.8 Å². The van der Waals surface area contributed by atoms with Gasteiger partial charge in [0.2, 0.25) is 0 Å². The first-order chi connectivity index (χ1) is 4.72. The molecule has 3 atom stereocenters. The molecule has 0 aromatic heterocycles. The van der Waals surface area contributed by atoms with E-state index in [1.807, 2.05) is 0 Å². The third kappa shape index (κ3) is 1.86. The van der Waals surface area contributed by atoms with E-state index < -0.39 is 12.3 Å². The summed E-state index contributed by atoms with van der Waals surface area (Å²) in [6.45, 7) is 1.52. The summed E-state index contributed by atoms with van der Waals surface area (Å²) < 4.78 is 13.0. The normalized spacial score (nSPS) is 32.1. The van der Waals surface area contributed by atoms with Crippen molar-refractivity contribution in [1.29, 1.82) is 0 Å². The molecule has 1 rings (SSSR count). The van der Waals surface area contributed by atoms with Crippen molar-refractivity contribution in [2.45, 2.75) is 37.3 Å². The topological polar surface area (TPSA) is 20.2 Å². The summed E-state index contributed by atoms with van der Waals surface area (Å²) in [6, 6.07) is 0. The lowest BCUT2D eigenvalue weighted by Crippen LogP contribution is -2.27. The van der Waals surface area contributed by atoms with Gasteiger partial charge in [0.05, 0.1) is 6.10 Å². The molecule has 0 bridgehead atoms. The second-order valence-electron chi connectivity index (χ2n) is 2.74. The maximum absolute atomic E-state index is 13.0. The van der Waals surface area contributed by atoms with Gasteiger partial charge >= 0.3 is 0 Å². The Balaban J connectivity index is 2.32. The first kappa shape index (κ1) is 8.34.